The number of nitrogens with zero attached hydrogens (tertiary/aromatic N) is 1. The van der Waals surface area contributed by atoms with Crippen LogP contribution in [0.5, 0.6) is 5.75 Å². The van der Waals surface area contributed by atoms with Crippen LogP contribution in [0, 0.1) is 0 Å². The molecule has 0 N–H and O–H groups in total. The van der Waals surface area contributed by atoms with Gasteiger partial charge < -0.3 is 14.0 Å². The lowest BCUT2D eigenvalue weighted by Crippen LogP contribution is -2.36. The van der Waals surface area contributed by atoms with Crippen molar-refractivity contribution in [2.75, 3.05) is 19.5 Å². The van der Waals surface area contributed by atoms with Crippen molar-refractivity contribution >= 4 is 37.7 Å². The molecule has 8 heteroatoms. The Labute approximate surface area is 152 Å². The molecular formula is C17H23NO5S2. The summed E-state index contributed by atoms with van der Waals surface area (Å²) in [6.07, 6.45) is 3.00. The summed E-state index contributed by atoms with van der Waals surface area (Å²) in [6.45, 7) is 4.98. The average molecular weight is 386 g/mol. The summed E-state index contributed by atoms with van der Waals surface area (Å²) >= 11 is 1.59. The van der Waals surface area contributed by atoms with Gasteiger partial charge in [-0.15, -0.1) is 0 Å². The van der Waals surface area contributed by atoms with Gasteiger partial charge in [0.2, 0.25) is 5.52 Å². The normalized spacial score (nSPS) is 12.6. The monoisotopic (exact) mass is 385 g/mol. The number of methoxy groups -OCH3 is 1. The van der Waals surface area contributed by atoms with Crippen molar-refractivity contribution in [3.05, 3.63) is 29.0 Å². The highest BCUT2D eigenvalue weighted by atomic mass is 32.2. The van der Waals surface area contributed by atoms with E-state index in [0.717, 1.165) is 33.2 Å². The molecule has 1 aromatic carbocycles. The second-order valence-corrected chi connectivity index (χ2v) is 8.02. The lowest BCUT2D eigenvalue weighted by Gasteiger charge is -2.06. The quantitative estimate of drug-likeness (QED) is 0.377. The van der Waals surface area contributed by atoms with Crippen molar-refractivity contribution in [1.82, 2.24) is 0 Å². The number of rotatable bonds is 9. The molecule has 0 aliphatic carbocycles. The Morgan fingerprint density at radius 2 is 2.12 bits per heavy atom. The molecule has 25 heavy (non-hydrogen) atoms. The molecule has 0 amide bonds. The molecule has 0 fully saturated rings. The van der Waals surface area contributed by atoms with E-state index < -0.39 is 10.1 Å². The van der Waals surface area contributed by atoms with E-state index in [9.17, 15) is 13.0 Å². The number of fused-ring (bicyclic) bond motifs is 1. The molecule has 0 saturated carbocycles. The van der Waals surface area contributed by atoms with Crippen LogP contribution in [-0.4, -0.2) is 32.4 Å². The Kier molecular flexibility index (Phi) is 6.80. The zero-order chi connectivity index (χ0) is 18.4. The van der Waals surface area contributed by atoms with Gasteiger partial charge >= 0.3 is 0 Å². The molecule has 0 aliphatic rings. The number of thiazole rings is 1. The molecule has 2 rings (SSSR count). The standard InChI is InChI=1S/C17H23NO5S2/c1-4-13(23-5-2)12-17-18(9-6-10-25(19,20)21)15-11-14(22-3)7-8-16(15)24-17/h7-8,11-12H,4-6,9-10H2,1-3H3/b13-12+. The number of allylic oxidation sites excluding steroid dienone is 1. The average Bonchev–Trinajstić information content (AvgIpc) is 2.90. The zero-order valence-corrected chi connectivity index (χ0v) is 16.3. The predicted molar refractivity (Wildman–Crippen MR) is 97.6 cm³/mol. The minimum Gasteiger partial charge on any atom is -0.748 e. The fourth-order valence-corrected chi connectivity index (χ4v) is 4.12. The first-order valence-corrected chi connectivity index (χ1v) is 10.5. The molecule has 0 spiro atoms. The molecule has 138 valence electrons. The maximum atomic E-state index is 10.9. The van der Waals surface area contributed by atoms with Crippen LogP contribution >= 0.6 is 11.3 Å². The summed E-state index contributed by atoms with van der Waals surface area (Å²) in [5.41, 5.74) is 0.950. The summed E-state index contributed by atoms with van der Waals surface area (Å²) in [6, 6.07) is 5.78. The van der Waals surface area contributed by atoms with Gasteiger partial charge in [-0.25, -0.2) is 8.42 Å². The third-order valence-electron chi connectivity index (χ3n) is 3.68. The van der Waals surface area contributed by atoms with Crippen LogP contribution < -0.4 is 9.30 Å². The third-order valence-corrected chi connectivity index (χ3v) is 5.58. The lowest BCUT2D eigenvalue weighted by molar-refractivity contribution is -0.668. The molecule has 0 bridgehead atoms. The van der Waals surface area contributed by atoms with Crippen LogP contribution in [0.3, 0.4) is 0 Å². The van der Waals surface area contributed by atoms with Gasteiger partial charge in [0.25, 0.3) is 5.01 Å². The van der Waals surface area contributed by atoms with Crippen molar-refractivity contribution in [1.29, 1.82) is 0 Å². The van der Waals surface area contributed by atoms with E-state index in [-0.39, 0.29) is 12.2 Å². The summed E-state index contributed by atoms with van der Waals surface area (Å²) in [5.74, 6) is 1.22. The predicted octanol–water partition coefficient (Wildman–Crippen LogP) is 2.92. The van der Waals surface area contributed by atoms with E-state index >= 15 is 0 Å². The highest BCUT2D eigenvalue weighted by Crippen LogP contribution is 2.26. The first-order chi connectivity index (χ1) is 11.9. The smallest absolute Gasteiger partial charge is 0.266 e. The number of ether oxygens (including phenoxy) is 2. The van der Waals surface area contributed by atoms with Gasteiger partial charge in [-0.05, 0) is 19.1 Å². The number of aromatic nitrogens is 1. The van der Waals surface area contributed by atoms with Crippen LogP contribution in [0.15, 0.2) is 24.0 Å². The van der Waals surface area contributed by atoms with E-state index in [1.807, 2.05) is 42.7 Å². The molecule has 1 aromatic heterocycles. The molecule has 0 unspecified atom stereocenters. The molecule has 0 radical (unpaired) electrons. The second kappa shape index (κ2) is 8.64. The molecular weight excluding hydrogens is 362 g/mol. The molecule has 6 nitrogen and oxygen atoms in total. The Morgan fingerprint density at radius 1 is 1.36 bits per heavy atom. The highest BCUT2D eigenvalue weighted by Gasteiger charge is 2.20. The number of benzene rings is 1. The van der Waals surface area contributed by atoms with Gasteiger partial charge in [0.15, 0.2) is 6.54 Å². The van der Waals surface area contributed by atoms with Crippen molar-refractivity contribution in [2.45, 2.75) is 33.2 Å². The van der Waals surface area contributed by atoms with Gasteiger partial charge in [0.05, 0.1) is 36.0 Å². The van der Waals surface area contributed by atoms with Gasteiger partial charge in [-0.1, -0.05) is 18.3 Å². The summed E-state index contributed by atoms with van der Waals surface area (Å²) in [4.78, 5) is 0. The van der Waals surface area contributed by atoms with Crippen LogP contribution in [0.1, 0.15) is 31.7 Å². The minimum absolute atomic E-state index is 0.260. The number of hydrogen-bond acceptors (Lipinski definition) is 6. The topological polar surface area (TPSA) is 79.5 Å². The highest BCUT2D eigenvalue weighted by molar-refractivity contribution is 7.85. The van der Waals surface area contributed by atoms with Crippen LogP contribution in [0.4, 0.5) is 0 Å². The fraction of sp³-hybridized carbons (Fsp3) is 0.471. The van der Waals surface area contributed by atoms with Crippen molar-refractivity contribution in [3.8, 4) is 5.75 Å². The maximum absolute atomic E-state index is 10.9. The van der Waals surface area contributed by atoms with Gasteiger partial charge in [-0.3, -0.25) is 0 Å². The molecule has 1 heterocycles. The SMILES string of the molecule is CCO/C(=C/c1sc2ccc(OC)cc2[n+]1CCCS(=O)(=O)[O-])CC. The Morgan fingerprint density at radius 3 is 2.72 bits per heavy atom. The summed E-state index contributed by atoms with van der Waals surface area (Å²) < 4.78 is 46.7. The minimum atomic E-state index is -4.22. The van der Waals surface area contributed by atoms with E-state index in [4.69, 9.17) is 9.47 Å². The molecule has 0 saturated heterocycles. The second-order valence-electron chi connectivity index (χ2n) is 5.44. The van der Waals surface area contributed by atoms with Crippen LogP contribution in [-0.2, 0) is 21.4 Å². The van der Waals surface area contributed by atoms with Crippen molar-refractivity contribution in [3.63, 3.8) is 0 Å². The number of aryl methyl sites for hydroxylation is 1. The van der Waals surface area contributed by atoms with E-state index in [1.165, 1.54) is 0 Å². The Bertz CT molecular complexity index is 855. The fourth-order valence-electron chi connectivity index (χ4n) is 2.51. The van der Waals surface area contributed by atoms with Gasteiger partial charge in [0, 0.05) is 18.6 Å². The molecule has 0 aliphatic heterocycles. The first kappa shape index (κ1) is 19.7. The maximum Gasteiger partial charge on any atom is 0.266 e. The van der Waals surface area contributed by atoms with E-state index in [2.05, 4.69) is 0 Å². The molecule has 2 aromatic rings. The lowest BCUT2D eigenvalue weighted by atomic mass is 10.3. The van der Waals surface area contributed by atoms with Gasteiger partial charge in [0.1, 0.15) is 16.2 Å². The van der Waals surface area contributed by atoms with Crippen LogP contribution in [0.2, 0.25) is 0 Å². The van der Waals surface area contributed by atoms with Crippen LogP contribution in [0.25, 0.3) is 16.3 Å². The van der Waals surface area contributed by atoms with Crippen molar-refractivity contribution in [2.24, 2.45) is 0 Å². The Balaban J connectivity index is 2.45. The number of hydrogen-bond donors (Lipinski definition) is 0. The summed E-state index contributed by atoms with van der Waals surface area (Å²) in [7, 11) is -2.61. The summed E-state index contributed by atoms with van der Waals surface area (Å²) in [5, 5.41) is 0.955. The zero-order valence-electron chi connectivity index (χ0n) is 14.6. The Hall–Kier alpha value is -1.64. The van der Waals surface area contributed by atoms with Crippen molar-refractivity contribution < 1.29 is 27.0 Å². The third kappa shape index (κ3) is 5.42. The first-order valence-electron chi connectivity index (χ1n) is 8.15. The molecule has 0 atom stereocenters. The largest absolute Gasteiger partial charge is 0.748 e. The van der Waals surface area contributed by atoms with E-state index in [0.29, 0.717) is 13.2 Å². The van der Waals surface area contributed by atoms with Gasteiger partial charge in [-0.2, -0.15) is 4.57 Å². The van der Waals surface area contributed by atoms with E-state index in [1.54, 1.807) is 18.4 Å².